The maximum atomic E-state index is 5.70. The summed E-state index contributed by atoms with van der Waals surface area (Å²) in [6, 6.07) is 13.3. The predicted molar refractivity (Wildman–Crippen MR) is 207 cm³/mol. The number of rotatable bonds is 18. The van der Waals surface area contributed by atoms with Gasteiger partial charge >= 0.3 is 0 Å². The molecule has 0 spiro atoms. The molecule has 0 unspecified atom stereocenters. The highest BCUT2D eigenvalue weighted by Gasteiger charge is 2.38. The predicted octanol–water partition coefficient (Wildman–Crippen LogP) is 9.32. The standard InChI is InChI=1S/C40H61N4O2S2/c1-9-43(10-2,11-3)25-17-15-23-41-33-21-19-31(45-7)27-37(33)47-39-30-36-40(29-35(39)41)48-38-28-32(46-8)20-22-34(38)42(36)24-16-18-26-44(12-4,13-5)14-6/h19-22,27-29H,9-18,23-26,30H2,1-8H3/q+3. The van der Waals surface area contributed by atoms with Crippen LogP contribution in [-0.2, 0) is 0 Å². The van der Waals surface area contributed by atoms with Gasteiger partial charge in [0.1, 0.15) is 18.0 Å². The fourth-order valence-electron chi connectivity index (χ4n) is 7.85. The Morgan fingerprint density at radius 2 is 1.29 bits per heavy atom. The van der Waals surface area contributed by atoms with Gasteiger partial charge in [-0.1, -0.05) is 23.5 Å². The van der Waals surface area contributed by atoms with Gasteiger partial charge in [0, 0.05) is 41.3 Å². The van der Waals surface area contributed by atoms with Crippen molar-refractivity contribution in [3.05, 3.63) is 58.0 Å². The number of hydrogen-bond acceptors (Lipinski definition) is 5. The van der Waals surface area contributed by atoms with Crippen molar-refractivity contribution in [2.75, 3.05) is 84.6 Å². The molecule has 0 atom stereocenters. The van der Waals surface area contributed by atoms with Crippen LogP contribution in [0.15, 0.2) is 67.8 Å². The van der Waals surface area contributed by atoms with E-state index in [2.05, 4.69) is 93.5 Å². The lowest BCUT2D eigenvalue weighted by atomic mass is 10.0. The lowest BCUT2D eigenvalue weighted by Crippen LogP contribution is -2.48. The highest BCUT2D eigenvalue weighted by atomic mass is 32.2. The number of allylic oxidation sites excluding steroid dienone is 3. The molecule has 0 amide bonds. The van der Waals surface area contributed by atoms with Crippen molar-refractivity contribution in [2.24, 2.45) is 0 Å². The Bertz CT molecular complexity index is 1510. The molecule has 0 fully saturated rings. The minimum atomic E-state index is 0.926. The first-order valence-electron chi connectivity index (χ1n) is 18.6. The van der Waals surface area contributed by atoms with Crippen molar-refractivity contribution in [1.82, 2.24) is 0 Å². The van der Waals surface area contributed by atoms with Crippen molar-refractivity contribution in [3.8, 4) is 11.5 Å². The van der Waals surface area contributed by atoms with E-state index < -0.39 is 0 Å². The quantitative estimate of drug-likeness (QED) is 0.0881. The number of thioether (sulfide) groups is 2. The van der Waals surface area contributed by atoms with E-state index in [1.165, 1.54) is 129 Å². The van der Waals surface area contributed by atoms with Crippen LogP contribution in [0.2, 0.25) is 0 Å². The van der Waals surface area contributed by atoms with Gasteiger partial charge in [-0.05, 0) is 84.7 Å². The van der Waals surface area contributed by atoms with E-state index in [1.54, 1.807) is 14.2 Å². The third kappa shape index (κ3) is 7.67. The van der Waals surface area contributed by atoms with Crippen molar-refractivity contribution in [3.63, 3.8) is 0 Å². The number of methoxy groups -OCH3 is 2. The highest BCUT2D eigenvalue weighted by Crippen LogP contribution is 2.52. The van der Waals surface area contributed by atoms with Crippen molar-refractivity contribution >= 4 is 40.6 Å². The number of benzene rings is 2. The zero-order chi connectivity index (χ0) is 34.3. The maximum Gasteiger partial charge on any atom is 0.219 e. The van der Waals surface area contributed by atoms with Crippen molar-refractivity contribution in [2.45, 2.75) is 83.4 Å². The van der Waals surface area contributed by atoms with Gasteiger partial charge < -0.3 is 23.3 Å². The maximum absolute atomic E-state index is 5.70. The van der Waals surface area contributed by atoms with Gasteiger partial charge in [-0.2, -0.15) is 4.58 Å². The highest BCUT2D eigenvalue weighted by molar-refractivity contribution is 8.04. The van der Waals surface area contributed by atoms with Crippen molar-refractivity contribution < 1.29 is 23.0 Å². The van der Waals surface area contributed by atoms with E-state index in [0.29, 0.717) is 0 Å². The summed E-state index contributed by atoms with van der Waals surface area (Å²) in [5, 5.41) is 0. The largest absolute Gasteiger partial charge is 0.497 e. The summed E-state index contributed by atoms with van der Waals surface area (Å²) in [6.45, 7) is 26.0. The number of fused-ring (bicyclic) bond motifs is 3. The molecule has 0 radical (unpaired) electrons. The van der Waals surface area contributed by atoms with E-state index in [1.807, 2.05) is 23.5 Å². The van der Waals surface area contributed by atoms with Crippen LogP contribution >= 0.6 is 23.5 Å². The van der Waals surface area contributed by atoms with Gasteiger partial charge in [0.15, 0.2) is 0 Å². The van der Waals surface area contributed by atoms with Crippen LogP contribution in [0.25, 0.3) is 0 Å². The Hall–Kier alpha value is -2.39. The number of anilines is 1. The first kappa shape index (κ1) is 36.9. The Morgan fingerprint density at radius 1 is 0.708 bits per heavy atom. The molecular weight excluding hydrogens is 633 g/mol. The summed E-state index contributed by atoms with van der Waals surface area (Å²) in [4.78, 5) is 8.06. The number of nitrogens with zero attached hydrogens (tertiary/aromatic N) is 4. The SMILES string of the molecule is CC[N+](CC)(CC)CCCCN1C2=C(CC3=[N+](CCCC[N+](CC)(CC)CC)c4ccc(OC)cc4SC3=C2)Sc2cc(OC)ccc21. The van der Waals surface area contributed by atoms with Gasteiger partial charge in [-0.15, -0.1) is 0 Å². The molecule has 2 heterocycles. The molecule has 8 heteroatoms. The second-order valence-electron chi connectivity index (χ2n) is 13.6. The van der Waals surface area contributed by atoms with Crippen LogP contribution in [0.1, 0.15) is 73.6 Å². The molecule has 262 valence electrons. The van der Waals surface area contributed by atoms with Gasteiger partial charge in [-0.3, -0.25) is 0 Å². The molecule has 0 saturated carbocycles. The van der Waals surface area contributed by atoms with Gasteiger partial charge in [-0.25, -0.2) is 0 Å². The Kier molecular flexibility index (Phi) is 12.7. The second kappa shape index (κ2) is 16.5. The van der Waals surface area contributed by atoms with Crippen LogP contribution in [0.5, 0.6) is 11.5 Å². The van der Waals surface area contributed by atoms with Gasteiger partial charge in [0.25, 0.3) is 0 Å². The number of ether oxygens (including phenoxy) is 2. The molecule has 0 N–H and O–H groups in total. The lowest BCUT2D eigenvalue weighted by Gasteiger charge is -2.38. The zero-order valence-electron chi connectivity index (χ0n) is 31.1. The van der Waals surface area contributed by atoms with Crippen LogP contribution < -0.4 is 14.4 Å². The summed E-state index contributed by atoms with van der Waals surface area (Å²) in [6.07, 6.45) is 8.31. The van der Waals surface area contributed by atoms with Gasteiger partial charge in [0.2, 0.25) is 11.4 Å². The topological polar surface area (TPSA) is 24.7 Å². The normalized spacial score (nSPS) is 15.9. The summed E-state index contributed by atoms with van der Waals surface area (Å²) in [7, 11) is 3.55. The number of quaternary nitrogens is 2. The first-order valence-corrected chi connectivity index (χ1v) is 20.2. The summed E-state index contributed by atoms with van der Waals surface area (Å²) in [5.41, 5.74) is 5.47. The second-order valence-corrected chi connectivity index (χ2v) is 15.8. The fourth-order valence-corrected chi connectivity index (χ4v) is 10.2. The Labute approximate surface area is 300 Å². The minimum Gasteiger partial charge on any atom is -0.497 e. The van der Waals surface area contributed by atoms with Crippen molar-refractivity contribution in [1.29, 1.82) is 0 Å². The Balaban J connectivity index is 1.46. The summed E-state index contributed by atoms with van der Waals surface area (Å²) < 4.78 is 16.5. The molecule has 48 heavy (non-hydrogen) atoms. The van der Waals surface area contributed by atoms with E-state index in [0.717, 1.165) is 31.0 Å². The van der Waals surface area contributed by atoms with E-state index >= 15 is 0 Å². The lowest BCUT2D eigenvalue weighted by molar-refractivity contribution is -0.923. The number of hydrogen-bond donors (Lipinski definition) is 0. The third-order valence-electron chi connectivity index (χ3n) is 11.7. The molecule has 2 aliphatic heterocycles. The monoisotopic (exact) mass is 693 g/mol. The summed E-state index contributed by atoms with van der Waals surface area (Å²) >= 11 is 3.87. The van der Waals surface area contributed by atoms with Crippen LogP contribution in [0.3, 0.4) is 0 Å². The molecule has 0 aromatic heterocycles. The fraction of sp³-hybridized carbons (Fsp3) is 0.575. The van der Waals surface area contributed by atoms with E-state index in [-0.39, 0.29) is 0 Å². The molecule has 2 aromatic rings. The average molecular weight is 694 g/mol. The third-order valence-corrected chi connectivity index (χ3v) is 14.0. The Morgan fingerprint density at radius 3 is 1.90 bits per heavy atom. The van der Waals surface area contributed by atoms with E-state index in [4.69, 9.17) is 9.47 Å². The molecule has 3 aliphatic rings. The summed E-state index contributed by atoms with van der Waals surface area (Å²) in [5.74, 6) is 1.86. The molecule has 2 aromatic carbocycles. The molecule has 0 saturated heterocycles. The van der Waals surface area contributed by atoms with Crippen LogP contribution in [0, 0.1) is 0 Å². The average Bonchev–Trinajstić information content (AvgIpc) is 3.13. The molecule has 0 bridgehead atoms. The molecule has 1 aliphatic carbocycles. The molecule has 6 nitrogen and oxygen atoms in total. The van der Waals surface area contributed by atoms with Gasteiger partial charge in [0.05, 0.1) is 94.2 Å². The number of unbranched alkanes of at least 4 members (excludes halogenated alkanes) is 2. The smallest absolute Gasteiger partial charge is 0.219 e. The van der Waals surface area contributed by atoms with E-state index in [9.17, 15) is 0 Å². The van der Waals surface area contributed by atoms with Crippen LogP contribution in [0.4, 0.5) is 11.4 Å². The first-order chi connectivity index (χ1) is 23.3. The molecule has 5 rings (SSSR count). The van der Waals surface area contributed by atoms with Crippen LogP contribution in [-0.4, -0.2) is 98.9 Å². The zero-order valence-corrected chi connectivity index (χ0v) is 32.7. The minimum absolute atomic E-state index is 0.926. The molecular formula is C40H61N4O2S2+3.